The maximum absolute atomic E-state index is 11.7. The Morgan fingerprint density at radius 1 is 1.75 bits per heavy atom. The van der Waals surface area contributed by atoms with Crippen LogP contribution in [0.25, 0.3) is 0 Å². The maximum atomic E-state index is 11.7. The number of nitrogens with zero attached hydrogens (tertiary/aromatic N) is 1. The average Bonchev–Trinajstić information content (AvgIpc) is 2.81. The Labute approximate surface area is 94.6 Å². The predicted molar refractivity (Wildman–Crippen MR) is 59.6 cm³/mol. The van der Waals surface area contributed by atoms with Gasteiger partial charge in [-0.15, -0.1) is 0 Å². The van der Waals surface area contributed by atoms with Crippen LogP contribution in [-0.4, -0.2) is 35.6 Å². The van der Waals surface area contributed by atoms with Crippen molar-refractivity contribution in [3.8, 4) is 0 Å². The van der Waals surface area contributed by atoms with Crippen LogP contribution in [-0.2, 0) is 9.53 Å². The highest BCUT2D eigenvalue weighted by atomic mass is 16.5. The van der Waals surface area contributed by atoms with Crippen molar-refractivity contribution in [1.82, 2.24) is 15.3 Å². The highest BCUT2D eigenvalue weighted by Crippen LogP contribution is 2.11. The molecule has 0 fully saturated rings. The van der Waals surface area contributed by atoms with Gasteiger partial charge in [0.15, 0.2) is 0 Å². The van der Waals surface area contributed by atoms with Gasteiger partial charge in [-0.3, -0.25) is 4.79 Å². The van der Waals surface area contributed by atoms with E-state index >= 15 is 0 Å². The minimum Gasteiger partial charge on any atom is -0.370 e. The smallest absolute Gasteiger partial charge is 0.251 e. The number of aromatic nitrogens is 2. The fourth-order valence-corrected chi connectivity index (χ4v) is 1.41. The molecule has 0 radical (unpaired) electrons. The van der Waals surface area contributed by atoms with Crippen LogP contribution in [0.3, 0.4) is 0 Å². The number of imidazole rings is 1. The van der Waals surface area contributed by atoms with Crippen LogP contribution < -0.4 is 11.1 Å². The first kappa shape index (κ1) is 12.7. The molecule has 4 N–H and O–H groups in total. The molecule has 1 rings (SSSR count). The van der Waals surface area contributed by atoms with E-state index in [1.807, 2.05) is 6.92 Å². The SMILES string of the molecule is CCC(NC(=O)C(CN)OC)c1ncc[nH]1. The monoisotopic (exact) mass is 226 g/mol. The van der Waals surface area contributed by atoms with E-state index < -0.39 is 6.10 Å². The zero-order valence-corrected chi connectivity index (χ0v) is 9.56. The maximum Gasteiger partial charge on any atom is 0.251 e. The predicted octanol–water partition coefficient (Wildman–Crippen LogP) is -0.0493. The second-order valence-corrected chi connectivity index (χ2v) is 3.40. The summed E-state index contributed by atoms with van der Waals surface area (Å²) in [5.41, 5.74) is 5.41. The van der Waals surface area contributed by atoms with Crippen molar-refractivity contribution < 1.29 is 9.53 Å². The van der Waals surface area contributed by atoms with E-state index in [0.29, 0.717) is 0 Å². The summed E-state index contributed by atoms with van der Waals surface area (Å²) in [6.07, 6.45) is 3.52. The van der Waals surface area contributed by atoms with E-state index in [1.54, 1.807) is 12.4 Å². The molecule has 1 aromatic rings. The lowest BCUT2D eigenvalue weighted by Crippen LogP contribution is -2.42. The lowest BCUT2D eigenvalue weighted by atomic mass is 10.2. The quantitative estimate of drug-likeness (QED) is 0.634. The first-order chi connectivity index (χ1) is 7.72. The molecule has 2 atom stereocenters. The molecule has 0 aliphatic rings. The Morgan fingerprint density at radius 2 is 2.50 bits per heavy atom. The van der Waals surface area contributed by atoms with Crippen LogP contribution in [0.5, 0.6) is 0 Å². The number of nitrogens with two attached hydrogens (primary N) is 1. The van der Waals surface area contributed by atoms with Gasteiger partial charge in [-0.05, 0) is 6.42 Å². The molecule has 1 aromatic heterocycles. The van der Waals surface area contributed by atoms with Crippen LogP contribution in [0, 0.1) is 0 Å². The minimum absolute atomic E-state index is 0.133. The Hall–Kier alpha value is -1.40. The third-order valence-corrected chi connectivity index (χ3v) is 2.37. The second kappa shape index (κ2) is 6.24. The van der Waals surface area contributed by atoms with Crippen molar-refractivity contribution >= 4 is 5.91 Å². The lowest BCUT2D eigenvalue weighted by Gasteiger charge is -2.18. The molecule has 0 aliphatic heterocycles. The third kappa shape index (κ3) is 3.04. The highest BCUT2D eigenvalue weighted by Gasteiger charge is 2.20. The summed E-state index contributed by atoms with van der Waals surface area (Å²) in [6, 6.07) is -0.133. The van der Waals surface area contributed by atoms with Gasteiger partial charge >= 0.3 is 0 Å². The molecule has 1 amide bonds. The second-order valence-electron chi connectivity index (χ2n) is 3.40. The zero-order valence-electron chi connectivity index (χ0n) is 9.56. The van der Waals surface area contributed by atoms with Gasteiger partial charge in [-0.25, -0.2) is 4.98 Å². The van der Waals surface area contributed by atoms with E-state index in [2.05, 4.69) is 15.3 Å². The van der Waals surface area contributed by atoms with Gasteiger partial charge in [0.2, 0.25) is 0 Å². The van der Waals surface area contributed by atoms with Gasteiger partial charge in [-0.1, -0.05) is 6.92 Å². The molecule has 0 bridgehead atoms. The molecule has 0 spiro atoms. The van der Waals surface area contributed by atoms with Crippen molar-refractivity contribution in [1.29, 1.82) is 0 Å². The summed E-state index contributed by atoms with van der Waals surface area (Å²) in [5.74, 6) is 0.524. The number of ether oxygens (including phenoxy) is 1. The van der Waals surface area contributed by atoms with Gasteiger partial charge in [0, 0.05) is 26.0 Å². The first-order valence-corrected chi connectivity index (χ1v) is 5.25. The number of nitrogens with one attached hydrogen (secondary N) is 2. The Balaban J connectivity index is 2.60. The Bertz CT molecular complexity index is 309. The van der Waals surface area contributed by atoms with Crippen LogP contribution in [0.15, 0.2) is 12.4 Å². The minimum atomic E-state index is -0.607. The highest BCUT2D eigenvalue weighted by molar-refractivity contribution is 5.81. The van der Waals surface area contributed by atoms with Crippen LogP contribution in [0.4, 0.5) is 0 Å². The largest absolute Gasteiger partial charge is 0.370 e. The number of carbonyl (C=O) groups excluding carboxylic acids is 1. The van der Waals surface area contributed by atoms with Gasteiger partial charge in [0.05, 0.1) is 6.04 Å². The van der Waals surface area contributed by atoms with Crippen LogP contribution in [0.2, 0.25) is 0 Å². The number of amides is 1. The van der Waals surface area contributed by atoms with Crippen molar-refractivity contribution in [2.45, 2.75) is 25.5 Å². The van der Waals surface area contributed by atoms with E-state index in [0.717, 1.165) is 12.2 Å². The Kier molecular flexibility index (Phi) is 4.94. The number of carbonyl (C=O) groups is 1. The fraction of sp³-hybridized carbons (Fsp3) is 0.600. The topological polar surface area (TPSA) is 93.0 Å². The van der Waals surface area contributed by atoms with Gasteiger partial charge in [0.1, 0.15) is 11.9 Å². The van der Waals surface area contributed by atoms with Crippen LogP contribution in [0.1, 0.15) is 25.2 Å². The molecular weight excluding hydrogens is 208 g/mol. The van der Waals surface area contributed by atoms with E-state index in [1.165, 1.54) is 7.11 Å². The molecule has 6 nitrogen and oxygen atoms in total. The molecule has 1 heterocycles. The summed E-state index contributed by atoms with van der Waals surface area (Å²) >= 11 is 0. The first-order valence-electron chi connectivity index (χ1n) is 5.25. The zero-order chi connectivity index (χ0) is 12.0. The summed E-state index contributed by atoms with van der Waals surface area (Å²) in [6.45, 7) is 2.13. The number of methoxy groups -OCH3 is 1. The average molecular weight is 226 g/mol. The van der Waals surface area contributed by atoms with Gasteiger partial charge < -0.3 is 20.8 Å². The molecular formula is C10H18N4O2. The van der Waals surface area contributed by atoms with Crippen molar-refractivity contribution in [3.05, 3.63) is 18.2 Å². The summed E-state index contributed by atoms with van der Waals surface area (Å²) in [4.78, 5) is 18.8. The number of H-pyrrole nitrogens is 1. The number of hydrogen-bond donors (Lipinski definition) is 3. The number of aromatic amines is 1. The van der Waals surface area contributed by atoms with Crippen molar-refractivity contribution in [3.63, 3.8) is 0 Å². The number of rotatable bonds is 6. The molecule has 0 saturated heterocycles. The molecule has 16 heavy (non-hydrogen) atoms. The van der Waals surface area contributed by atoms with E-state index in [4.69, 9.17) is 10.5 Å². The van der Waals surface area contributed by atoms with Crippen LogP contribution >= 0.6 is 0 Å². The number of hydrogen-bond acceptors (Lipinski definition) is 4. The molecule has 0 aromatic carbocycles. The van der Waals surface area contributed by atoms with Gasteiger partial charge in [0.25, 0.3) is 5.91 Å². The lowest BCUT2D eigenvalue weighted by molar-refractivity contribution is -0.131. The Morgan fingerprint density at radius 3 is 2.94 bits per heavy atom. The third-order valence-electron chi connectivity index (χ3n) is 2.37. The van der Waals surface area contributed by atoms with E-state index in [-0.39, 0.29) is 18.5 Å². The summed E-state index contributed by atoms with van der Waals surface area (Å²) in [5, 5.41) is 2.83. The standard InChI is InChI=1S/C10H18N4O2/c1-3-7(9-12-4-5-13-9)14-10(15)8(6-11)16-2/h4-5,7-8H,3,6,11H2,1-2H3,(H,12,13)(H,14,15). The summed E-state index contributed by atoms with van der Waals surface area (Å²) in [7, 11) is 1.46. The van der Waals surface area contributed by atoms with E-state index in [9.17, 15) is 4.79 Å². The molecule has 90 valence electrons. The summed E-state index contributed by atoms with van der Waals surface area (Å²) < 4.78 is 4.96. The van der Waals surface area contributed by atoms with Crippen molar-refractivity contribution in [2.75, 3.05) is 13.7 Å². The molecule has 0 aliphatic carbocycles. The molecule has 0 saturated carbocycles. The molecule has 2 unspecified atom stereocenters. The molecule has 6 heteroatoms. The fourth-order valence-electron chi connectivity index (χ4n) is 1.41. The van der Waals surface area contributed by atoms with Gasteiger partial charge in [-0.2, -0.15) is 0 Å². The normalized spacial score (nSPS) is 14.4. The van der Waals surface area contributed by atoms with Crippen molar-refractivity contribution in [2.24, 2.45) is 5.73 Å².